The third kappa shape index (κ3) is 4.55. The molecule has 0 radical (unpaired) electrons. The zero-order valence-electron chi connectivity index (χ0n) is 36.9. The van der Waals surface area contributed by atoms with E-state index in [9.17, 15) is 5.48 Å². The predicted octanol–water partition coefficient (Wildman–Crippen LogP) is 13.7. The van der Waals surface area contributed by atoms with E-state index in [1.165, 1.54) is 0 Å². The standard InChI is InChI=1S/C48H30O/c1-2-11-31(12-3-1)36-24-26-45-44(29-36)39-25-23-38(30-46(39)49-45)48-42-19-8-6-17-40(42)47(41-18-7-9-20-43(41)48)37-16-10-15-34(28-37)35-22-21-32-13-4-5-14-33(32)27-35/h1-30H/i1D,2D,3D,11D,12D,23D,24D,25D,26D,29D,30D. The van der Waals surface area contributed by atoms with Crippen LogP contribution in [0.25, 0.3) is 98.8 Å². The molecular formula is C48H30O. The van der Waals surface area contributed by atoms with Crippen LogP contribution in [0.15, 0.2) is 186 Å². The molecule has 0 aliphatic heterocycles. The quantitative estimate of drug-likeness (QED) is 0.176. The highest BCUT2D eigenvalue weighted by Gasteiger charge is 2.18. The van der Waals surface area contributed by atoms with Gasteiger partial charge >= 0.3 is 0 Å². The van der Waals surface area contributed by atoms with Crippen molar-refractivity contribution in [1.82, 2.24) is 0 Å². The van der Waals surface area contributed by atoms with Crippen LogP contribution >= 0.6 is 0 Å². The Morgan fingerprint density at radius 2 is 0.980 bits per heavy atom. The second-order valence-corrected chi connectivity index (χ2v) is 12.0. The second-order valence-electron chi connectivity index (χ2n) is 12.0. The Morgan fingerprint density at radius 3 is 1.73 bits per heavy atom. The van der Waals surface area contributed by atoms with Crippen molar-refractivity contribution in [3.63, 3.8) is 0 Å². The van der Waals surface area contributed by atoms with Crippen LogP contribution in [0, 0.1) is 0 Å². The van der Waals surface area contributed by atoms with Crippen molar-refractivity contribution >= 4 is 54.3 Å². The highest BCUT2D eigenvalue weighted by molar-refractivity contribution is 6.22. The minimum Gasteiger partial charge on any atom is -0.456 e. The molecule has 1 nitrogen and oxygen atoms in total. The van der Waals surface area contributed by atoms with E-state index in [4.69, 9.17) is 14.0 Å². The van der Waals surface area contributed by atoms with E-state index >= 15 is 0 Å². The van der Waals surface area contributed by atoms with Crippen molar-refractivity contribution < 1.29 is 19.5 Å². The summed E-state index contributed by atoms with van der Waals surface area (Å²) in [6, 6.07) is 32.7. The van der Waals surface area contributed by atoms with Gasteiger partial charge in [-0.05, 0) is 113 Å². The van der Waals surface area contributed by atoms with Gasteiger partial charge < -0.3 is 4.42 Å². The molecule has 10 aromatic rings. The number of rotatable bonds is 4. The molecule has 0 aliphatic rings. The molecule has 1 aromatic heterocycles. The zero-order chi connectivity index (χ0) is 41.9. The van der Waals surface area contributed by atoms with Crippen LogP contribution in [0.5, 0.6) is 0 Å². The van der Waals surface area contributed by atoms with Gasteiger partial charge in [-0.2, -0.15) is 0 Å². The van der Waals surface area contributed by atoms with Crippen molar-refractivity contribution in [3.05, 3.63) is 182 Å². The van der Waals surface area contributed by atoms with Crippen LogP contribution in [0.1, 0.15) is 15.1 Å². The lowest BCUT2D eigenvalue weighted by atomic mass is 9.85. The predicted molar refractivity (Wildman–Crippen MR) is 208 cm³/mol. The first-order chi connectivity index (χ1) is 28.9. The van der Waals surface area contributed by atoms with Crippen LogP contribution < -0.4 is 0 Å². The maximum Gasteiger partial charge on any atom is 0.136 e. The molecule has 1 heterocycles. The summed E-state index contributed by atoms with van der Waals surface area (Å²) in [5, 5.41) is 5.23. The summed E-state index contributed by atoms with van der Waals surface area (Å²) in [6.07, 6.45) is 0. The van der Waals surface area contributed by atoms with Gasteiger partial charge in [0.05, 0.1) is 15.1 Å². The summed E-state index contributed by atoms with van der Waals surface area (Å²) in [7, 11) is 0. The second kappa shape index (κ2) is 11.1. The summed E-state index contributed by atoms with van der Waals surface area (Å²) >= 11 is 0. The first-order valence-electron chi connectivity index (χ1n) is 21.4. The van der Waals surface area contributed by atoms with Crippen molar-refractivity contribution in [2.24, 2.45) is 0 Å². The maximum atomic E-state index is 9.66. The topological polar surface area (TPSA) is 13.1 Å². The lowest BCUT2D eigenvalue weighted by Crippen LogP contribution is -1.91. The summed E-state index contributed by atoms with van der Waals surface area (Å²) in [4.78, 5) is 0. The van der Waals surface area contributed by atoms with E-state index in [0.29, 0.717) is 5.56 Å². The van der Waals surface area contributed by atoms with E-state index in [1.807, 2.05) is 66.7 Å². The number of hydrogen-bond acceptors (Lipinski definition) is 1. The molecule has 0 aliphatic carbocycles. The Bertz CT molecular complexity index is 3430. The van der Waals surface area contributed by atoms with E-state index in [0.717, 1.165) is 54.6 Å². The Balaban J connectivity index is 1.24. The molecule has 228 valence electrons. The smallest absolute Gasteiger partial charge is 0.136 e. The molecule has 49 heavy (non-hydrogen) atoms. The molecule has 0 saturated carbocycles. The maximum absolute atomic E-state index is 9.66. The van der Waals surface area contributed by atoms with Crippen molar-refractivity contribution in [1.29, 1.82) is 0 Å². The molecule has 9 aromatic carbocycles. The lowest BCUT2D eigenvalue weighted by molar-refractivity contribution is 0.669. The molecular weight excluding hydrogens is 593 g/mol. The third-order valence-electron chi connectivity index (χ3n) is 9.18. The molecule has 0 bridgehead atoms. The molecule has 10 rings (SSSR count). The normalized spacial score (nSPS) is 14.8. The Labute approximate surface area is 299 Å². The van der Waals surface area contributed by atoms with Crippen molar-refractivity contribution in [2.75, 3.05) is 0 Å². The summed E-state index contributed by atoms with van der Waals surface area (Å²) in [6.45, 7) is 0. The van der Waals surface area contributed by atoms with Gasteiger partial charge in [-0.25, -0.2) is 0 Å². The third-order valence-corrected chi connectivity index (χ3v) is 9.18. The molecule has 0 amide bonds. The molecule has 0 N–H and O–H groups in total. The number of fused-ring (bicyclic) bond motifs is 6. The summed E-state index contributed by atoms with van der Waals surface area (Å²) < 4.78 is 103. The Hall–Kier alpha value is -6.44. The van der Waals surface area contributed by atoms with Crippen LogP contribution in [-0.2, 0) is 0 Å². The number of hydrogen-bond donors (Lipinski definition) is 0. The highest BCUT2D eigenvalue weighted by Crippen LogP contribution is 2.45. The van der Waals surface area contributed by atoms with E-state index in [-0.39, 0.29) is 45.6 Å². The molecule has 1 heteroatoms. The van der Waals surface area contributed by atoms with Crippen LogP contribution in [0.2, 0.25) is 0 Å². The average molecular weight is 634 g/mol. The lowest BCUT2D eigenvalue weighted by Gasteiger charge is -2.18. The number of benzene rings is 9. The highest BCUT2D eigenvalue weighted by atomic mass is 16.3. The summed E-state index contributed by atoms with van der Waals surface area (Å²) in [5.41, 5.74) is 3.44. The molecule has 0 saturated heterocycles. The van der Waals surface area contributed by atoms with Gasteiger partial charge in [-0.3, -0.25) is 0 Å². The zero-order valence-corrected chi connectivity index (χ0v) is 25.9. The van der Waals surface area contributed by atoms with Crippen LogP contribution in [0.4, 0.5) is 0 Å². The average Bonchev–Trinajstić information content (AvgIpc) is 3.69. The van der Waals surface area contributed by atoms with Crippen molar-refractivity contribution in [3.8, 4) is 44.5 Å². The van der Waals surface area contributed by atoms with Gasteiger partial charge in [-0.1, -0.05) is 145 Å². The monoisotopic (exact) mass is 633 g/mol. The van der Waals surface area contributed by atoms with Gasteiger partial charge in [0, 0.05) is 10.8 Å². The van der Waals surface area contributed by atoms with Crippen LogP contribution in [0.3, 0.4) is 0 Å². The number of furan rings is 1. The van der Waals surface area contributed by atoms with Gasteiger partial charge in [-0.15, -0.1) is 0 Å². The fourth-order valence-electron chi connectivity index (χ4n) is 6.95. The van der Waals surface area contributed by atoms with E-state index in [2.05, 4.69) is 48.5 Å². The Kier molecular flexibility index (Phi) is 4.25. The van der Waals surface area contributed by atoms with Gasteiger partial charge in [0.2, 0.25) is 0 Å². The van der Waals surface area contributed by atoms with E-state index in [1.54, 1.807) is 0 Å². The fraction of sp³-hybridized carbons (Fsp3) is 0. The van der Waals surface area contributed by atoms with E-state index < -0.39 is 59.5 Å². The minimum absolute atomic E-state index is 0.105. The largest absolute Gasteiger partial charge is 0.456 e. The molecule has 0 atom stereocenters. The van der Waals surface area contributed by atoms with Gasteiger partial charge in [0.1, 0.15) is 11.2 Å². The SMILES string of the molecule is [2H]c1c([2H])c([2H])c(-c2c([2H])c([2H])c3oc4c([2H])c(-c5c6ccccc6c(-c6cccc(-c7ccc8ccccc8c7)c6)c6ccccc56)c([2H])c([2H])c4c3c2[2H])c([2H])c1[2H]. The first-order valence-corrected chi connectivity index (χ1v) is 15.9. The van der Waals surface area contributed by atoms with Crippen molar-refractivity contribution in [2.45, 2.75) is 0 Å². The minimum atomic E-state index is -0.663. The van der Waals surface area contributed by atoms with Crippen LogP contribution in [-0.4, -0.2) is 0 Å². The summed E-state index contributed by atoms with van der Waals surface area (Å²) in [5.74, 6) is 0. The molecule has 0 spiro atoms. The first kappa shape index (κ1) is 18.8. The van der Waals surface area contributed by atoms with Gasteiger partial charge in [0.25, 0.3) is 0 Å². The Morgan fingerprint density at radius 1 is 0.347 bits per heavy atom. The fourth-order valence-corrected chi connectivity index (χ4v) is 6.95. The molecule has 0 fully saturated rings. The molecule has 0 unspecified atom stereocenters. The van der Waals surface area contributed by atoms with Gasteiger partial charge in [0.15, 0.2) is 0 Å².